The van der Waals surface area contributed by atoms with Crippen LogP contribution in [-0.4, -0.2) is 46.2 Å². The van der Waals surface area contributed by atoms with Crippen LogP contribution < -0.4 is 5.56 Å². The average molecular weight is 379 g/mol. The molecule has 1 aromatic carbocycles. The van der Waals surface area contributed by atoms with Crippen molar-refractivity contribution in [3.05, 3.63) is 69.6 Å². The number of carbonyl (C=O) groups is 2. The summed E-state index contributed by atoms with van der Waals surface area (Å²) in [5, 5.41) is 0. The van der Waals surface area contributed by atoms with Gasteiger partial charge in [-0.15, -0.1) is 0 Å². The Hall–Kier alpha value is -2.89. The van der Waals surface area contributed by atoms with Crippen molar-refractivity contribution >= 4 is 11.8 Å². The highest BCUT2D eigenvalue weighted by Gasteiger charge is 2.49. The van der Waals surface area contributed by atoms with Crippen molar-refractivity contribution in [3.63, 3.8) is 0 Å². The summed E-state index contributed by atoms with van der Waals surface area (Å²) in [6, 6.07) is 11.2. The maximum atomic E-state index is 13.3. The second-order valence-electron chi connectivity index (χ2n) is 8.02. The molecule has 0 aliphatic carbocycles. The molecule has 2 amide bonds. The summed E-state index contributed by atoms with van der Waals surface area (Å²) in [6.07, 6.45) is 3.93. The first-order chi connectivity index (χ1) is 13.5. The van der Waals surface area contributed by atoms with Gasteiger partial charge in [-0.25, -0.2) is 0 Å². The molecular formula is C22H25N3O3. The van der Waals surface area contributed by atoms with E-state index in [1.807, 2.05) is 11.0 Å². The molecule has 0 bridgehead atoms. The van der Waals surface area contributed by atoms with Gasteiger partial charge in [0, 0.05) is 38.4 Å². The summed E-state index contributed by atoms with van der Waals surface area (Å²) >= 11 is 0. The predicted molar refractivity (Wildman–Crippen MR) is 106 cm³/mol. The molecule has 2 aromatic rings. The topological polar surface area (TPSA) is 73.5 Å². The van der Waals surface area contributed by atoms with E-state index >= 15 is 0 Å². The third-order valence-corrected chi connectivity index (χ3v) is 5.95. The number of H-pyrrole nitrogens is 1. The van der Waals surface area contributed by atoms with E-state index in [1.165, 1.54) is 17.8 Å². The Kier molecular flexibility index (Phi) is 4.79. The molecule has 146 valence electrons. The van der Waals surface area contributed by atoms with Crippen LogP contribution in [0, 0.1) is 12.3 Å². The van der Waals surface area contributed by atoms with Gasteiger partial charge in [-0.1, -0.05) is 29.8 Å². The zero-order valence-corrected chi connectivity index (χ0v) is 16.1. The maximum absolute atomic E-state index is 13.3. The summed E-state index contributed by atoms with van der Waals surface area (Å²) in [5.74, 6) is 0.0359. The number of aromatic amines is 1. The van der Waals surface area contributed by atoms with Crippen LogP contribution in [-0.2, 0) is 11.3 Å². The van der Waals surface area contributed by atoms with Crippen molar-refractivity contribution < 1.29 is 9.59 Å². The number of nitrogens with zero attached hydrogens (tertiary/aromatic N) is 2. The number of hydrogen-bond donors (Lipinski definition) is 1. The molecule has 2 aliphatic rings. The number of rotatable bonds is 3. The number of aromatic nitrogens is 1. The molecule has 2 fully saturated rings. The van der Waals surface area contributed by atoms with Crippen LogP contribution in [0.2, 0.25) is 0 Å². The summed E-state index contributed by atoms with van der Waals surface area (Å²) < 4.78 is 0. The molecule has 4 rings (SSSR count). The van der Waals surface area contributed by atoms with Crippen molar-refractivity contribution in [1.29, 1.82) is 0 Å². The number of aryl methyl sites for hydroxylation is 1. The van der Waals surface area contributed by atoms with Gasteiger partial charge in [0.15, 0.2) is 0 Å². The predicted octanol–water partition coefficient (Wildman–Crippen LogP) is 2.34. The van der Waals surface area contributed by atoms with Crippen molar-refractivity contribution in [2.45, 2.75) is 32.7 Å². The second-order valence-corrected chi connectivity index (χ2v) is 8.02. The Morgan fingerprint density at radius 3 is 2.75 bits per heavy atom. The van der Waals surface area contributed by atoms with Crippen LogP contribution in [0.3, 0.4) is 0 Å². The summed E-state index contributed by atoms with van der Waals surface area (Å²) in [5.41, 5.74) is 2.08. The highest BCUT2D eigenvalue weighted by molar-refractivity contribution is 5.95. The Morgan fingerprint density at radius 2 is 2.00 bits per heavy atom. The fourth-order valence-corrected chi connectivity index (χ4v) is 4.48. The molecule has 1 spiro atoms. The smallest absolute Gasteiger partial charge is 0.255 e. The van der Waals surface area contributed by atoms with E-state index in [0.717, 1.165) is 24.9 Å². The first-order valence-corrected chi connectivity index (χ1v) is 9.80. The molecular weight excluding hydrogens is 354 g/mol. The van der Waals surface area contributed by atoms with Crippen LogP contribution in [0.1, 0.15) is 40.7 Å². The Morgan fingerprint density at radius 1 is 1.14 bits per heavy atom. The monoisotopic (exact) mass is 379 g/mol. The van der Waals surface area contributed by atoms with Gasteiger partial charge < -0.3 is 14.8 Å². The number of pyridine rings is 1. The van der Waals surface area contributed by atoms with Crippen LogP contribution in [0.25, 0.3) is 0 Å². The minimum Gasteiger partial charge on any atom is -0.338 e. The summed E-state index contributed by atoms with van der Waals surface area (Å²) in [4.78, 5) is 43.6. The third kappa shape index (κ3) is 3.46. The first-order valence-electron chi connectivity index (χ1n) is 9.80. The van der Waals surface area contributed by atoms with E-state index in [0.29, 0.717) is 31.6 Å². The van der Waals surface area contributed by atoms with Crippen molar-refractivity contribution in [2.75, 3.05) is 19.6 Å². The van der Waals surface area contributed by atoms with E-state index in [-0.39, 0.29) is 17.4 Å². The minimum atomic E-state index is -0.472. The van der Waals surface area contributed by atoms with Gasteiger partial charge in [0.2, 0.25) is 11.5 Å². The standard InChI is InChI=1S/C22H25N3O3/c1-16-4-2-5-17(12-16)14-24-10-3-8-22(21(24)28)9-11-25(15-22)20(27)18-6-7-19(26)23-13-18/h2,4-7,12-13H,3,8-11,14-15H2,1H3,(H,23,26)/t22-/m1/s1. The average Bonchev–Trinajstić information content (AvgIpc) is 3.11. The van der Waals surface area contributed by atoms with Crippen molar-refractivity contribution in [2.24, 2.45) is 5.41 Å². The molecule has 6 nitrogen and oxygen atoms in total. The molecule has 6 heteroatoms. The van der Waals surface area contributed by atoms with Gasteiger partial charge in [0.05, 0.1) is 11.0 Å². The van der Waals surface area contributed by atoms with E-state index in [9.17, 15) is 14.4 Å². The lowest BCUT2D eigenvalue weighted by Crippen LogP contribution is -2.50. The number of nitrogens with one attached hydrogen (secondary N) is 1. The maximum Gasteiger partial charge on any atom is 0.255 e. The molecule has 0 radical (unpaired) electrons. The van der Waals surface area contributed by atoms with Crippen molar-refractivity contribution in [3.8, 4) is 0 Å². The lowest BCUT2D eigenvalue weighted by Gasteiger charge is -2.39. The SMILES string of the molecule is Cc1cccc(CN2CCC[C@]3(CCN(C(=O)c4ccc(=O)[nH]c4)C3)C2=O)c1. The highest BCUT2D eigenvalue weighted by Crippen LogP contribution is 2.40. The fourth-order valence-electron chi connectivity index (χ4n) is 4.48. The van der Waals surface area contributed by atoms with E-state index in [2.05, 4.69) is 30.1 Å². The normalized spacial score (nSPS) is 22.1. The van der Waals surface area contributed by atoms with Gasteiger partial charge in [-0.2, -0.15) is 0 Å². The van der Waals surface area contributed by atoms with Crippen LogP contribution in [0.15, 0.2) is 47.4 Å². The molecule has 3 heterocycles. The molecule has 0 unspecified atom stereocenters. The van der Waals surface area contributed by atoms with E-state index in [1.54, 1.807) is 11.0 Å². The zero-order valence-electron chi connectivity index (χ0n) is 16.1. The molecule has 1 aromatic heterocycles. The number of benzene rings is 1. The summed E-state index contributed by atoms with van der Waals surface area (Å²) in [6.45, 7) is 4.47. The number of amides is 2. The van der Waals surface area contributed by atoms with Gasteiger partial charge in [0.25, 0.3) is 5.91 Å². The molecule has 1 N–H and O–H groups in total. The third-order valence-electron chi connectivity index (χ3n) is 5.95. The number of likely N-dealkylation sites (tertiary alicyclic amines) is 2. The van der Waals surface area contributed by atoms with E-state index in [4.69, 9.17) is 0 Å². The first kappa shape index (κ1) is 18.5. The Balaban J connectivity index is 1.48. The largest absolute Gasteiger partial charge is 0.338 e. The highest BCUT2D eigenvalue weighted by atomic mass is 16.2. The lowest BCUT2D eigenvalue weighted by molar-refractivity contribution is -0.146. The quantitative estimate of drug-likeness (QED) is 0.890. The Labute approximate surface area is 164 Å². The molecule has 0 saturated carbocycles. The van der Waals surface area contributed by atoms with Gasteiger partial charge >= 0.3 is 0 Å². The van der Waals surface area contributed by atoms with Crippen LogP contribution >= 0.6 is 0 Å². The Bertz CT molecular complexity index is 947. The lowest BCUT2D eigenvalue weighted by atomic mass is 9.78. The number of carbonyl (C=O) groups excluding carboxylic acids is 2. The fraction of sp³-hybridized carbons (Fsp3) is 0.409. The minimum absolute atomic E-state index is 0.128. The van der Waals surface area contributed by atoms with Crippen molar-refractivity contribution in [1.82, 2.24) is 14.8 Å². The molecule has 2 aliphatic heterocycles. The second kappa shape index (κ2) is 7.26. The van der Waals surface area contributed by atoms with Gasteiger partial charge in [-0.3, -0.25) is 14.4 Å². The molecule has 1 atom stereocenters. The van der Waals surface area contributed by atoms with Crippen LogP contribution in [0.5, 0.6) is 0 Å². The molecule has 28 heavy (non-hydrogen) atoms. The van der Waals surface area contributed by atoms with Crippen LogP contribution in [0.4, 0.5) is 0 Å². The molecule has 2 saturated heterocycles. The summed E-state index contributed by atoms with van der Waals surface area (Å²) in [7, 11) is 0. The van der Waals surface area contributed by atoms with Gasteiger partial charge in [-0.05, 0) is 37.8 Å². The zero-order chi connectivity index (χ0) is 19.7. The number of piperidine rings is 1. The number of hydrogen-bond acceptors (Lipinski definition) is 3. The van der Waals surface area contributed by atoms with E-state index < -0.39 is 5.41 Å². The van der Waals surface area contributed by atoms with Gasteiger partial charge in [0.1, 0.15) is 0 Å².